The van der Waals surface area contributed by atoms with Gasteiger partial charge in [-0.15, -0.1) is 6.42 Å². The fourth-order valence-electron chi connectivity index (χ4n) is 2.77. The summed E-state index contributed by atoms with van der Waals surface area (Å²) in [6, 6.07) is 4.84. The molecule has 0 aliphatic heterocycles. The third kappa shape index (κ3) is 3.54. The van der Waals surface area contributed by atoms with Crippen LogP contribution in [-0.4, -0.2) is 25.8 Å². The lowest BCUT2D eigenvalue weighted by molar-refractivity contribution is 0.301. The van der Waals surface area contributed by atoms with Gasteiger partial charge in [-0.25, -0.2) is 8.42 Å². The van der Waals surface area contributed by atoms with E-state index >= 15 is 0 Å². The Hall–Kier alpha value is -2.52. The lowest BCUT2D eigenvalue weighted by Crippen LogP contribution is -2.13. The quantitative estimate of drug-likeness (QED) is 0.792. The Kier molecular flexibility index (Phi) is 4.92. The Morgan fingerprint density at radius 1 is 1.31 bits per heavy atom. The maximum atomic E-state index is 12.3. The Morgan fingerprint density at radius 3 is 2.65 bits per heavy atom. The zero-order valence-corrected chi connectivity index (χ0v) is 15.7. The summed E-state index contributed by atoms with van der Waals surface area (Å²) in [5.74, 6) is 3.56. The number of rotatable bonds is 6. The maximum Gasteiger partial charge on any atom is 0.263 e. The number of terminal acetylenes is 1. The van der Waals surface area contributed by atoms with E-state index in [2.05, 4.69) is 10.9 Å². The summed E-state index contributed by atoms with van der Waals surface area (Å²) in [6.45, 7) is 3.96. The summed E-state index contributed by atoms with van der Waals surface area (Å²) in [6.07, 6.45) is 9.32. The highest BCUT2D eigenvalue weighted by Gasteiger charge is 2.24. The minimum absolute atomic E-state index is 0.00886. The number of sulfone groups is 1. The Balaban J connectivity index is 2.17. The van der Waals surface area contributed by atoms with Crippen molar-refractivity contribution in [1.82, 2.24) is 4.98 Å². The van der Waals surface area contributed by atoms with Crippen molar-refractivity contribution in [1.29, 1.82) is 0 Å². The van der Waals surface area contributed by atoms with Crippen LogP contribution in [0.4, 0.5) is 0 Å². The molecule has 1 aromatic carbocycles. The monoisotopic (exact) mass is 371 g/mol. The van der Waals surface area contributed by atoms with Gasteiger partial charge in [0.25, 0.3) is 5.56 Å². The third-order valence-electron chi connectivity index (χ3n) is 4.65. The van der Waals surface area contributed by atoms with Crippen molar-refractivity contribution < 1.29 is 13.2 Å². The van der Waals surface area contributed by atoms with Crippen molar-refractivity contribution in [3.05, 3.63) is 45.9 Å². The minimum atomic E-state index is -3.37. The fourth-order valence-corrected chi connectivity index (χ4v) is 3.68. The summed E-state index contributed by atoms with van der Waals surface area (Å²) < 4.78 is 30.5. The molecular formula is C20H21NO4S. The second kappa shape index (κ2) is 7.00. The molecule has 0 unspecified atom stereocenters. The van der Waals surface area contributed by atoms with Crippen molar-refractivity contribution in [3.63, 3.8) is 0 Å². The first-order valence-corrected chi connectivity index (χ1v) is 10.2. The number of hydrogen-bond donors (Lipinski definition) is 1. The number of aromatic nitrogens is 1. The molecule has 6 heteroatoms. The van der Waals surface area contributed by atoms with Gasteiger partial charge < -0.3 is 9.72 Å². The van der Waals surface area contributed by atoms with Gasteiger partial charge in [-0.1, -0.05) is 12.8 Å². The molecule has 26 heavy (non-hydrogen) atoms. The van der Waals surface area contributed by atoms with Crippen molar-refractivity contribution in [2.45, 2.75) is 31.6 Å². The largest absolute Gasteiger partial charge is 0.493 e. The van der Waals surface area contributed by atoms with E-state index in [4.69, 9.17) is 11.2 Å². The first kappa shape index (κ1) is 18.3. The van der Waals surface area contributed by atoms with Gasteiger partial charge in [-0.05, 0) is 49.4 Å². The van der Waals surface area contributed by atoms with E-state index in [1.807, 2.05) is 0 Å². The highest BCUT2D eigenvalue weighted by molar-refractivity contribution is 7.91. The fraction of sp³-hybridized carbons (Fsp3) is 0.350. The average molecular weight is 371 g/mol. The van der Waals surface area contributed by atoms with Crippen LogP contribution in [0.3, 0.4) is 0 Å². The molecule has 1 aliphatic rings. The molecule has 5 nitrogen and oxygen atoms in total. The van der Waals surface area contributed by atoms with Crippen LogP contribution >= 0.6 is 0 Å². The second-order valence-electron chi connectivity index (χ2n) is 6.49. The van der Waals surface area contributed by atoms with Crippen LogP contribution in [0.2, 0.25) is 0 Å². The van der Waals surface area contributed by atoms with Crippen LogP contribution in [-0.2, 0) is 9.84 Å². The van der Waals surface area contributed by atoms with Crippen molar-refractivity contribution in [2.24, 2.45) is 5.92 Å². The molecule has 1 aliphatic carbocycles. The number of benzene rings is 1. The molecule has 2 aromatic rings. The zero-order chi connectivity index (χ0) is 18.9. The second-order valence-corrected chi connectivity index (χ2v) is 8.77. The van der Waals surface area contributed by atoms with Gasteiger partial charge >= 0.3 is 0 Å². The molecule has 0 atom stereocenters. The molecule has 0 radical (unpaired) electrons. The third-order valence-corrected chi connectivity index (χ3v) is 6.38. The molecule has 1 saturated carbocycles. The molecule has 0 bridgehead atoms. The Bertz CT molecular complexity index is 1040. The predicted molar refractivity (Wildman–Crippen MR) is 101 cm³/mol. The average Bonchev–Trinajstić information content (AvgIpc) is 3.45. The molecule has 0 saturated heterocycles. The van der Waals surface area contributed by atoms with Crippen molar-refractivity contribution >= 4 is 9.84 Å². The van der Waals surface area contributed by atoms with Gasteiger partial charge in [0.1, 0.15) is 5.75 Å². The number of ether oxygens (including phenoxy) is 1. The summed E-state index contributed by atoms with van der Waals surface area (Å²) in [5, 5.41) is 0. The van der Waals surface area contributed by atoms with Crippen LogP contribution < -0.4 is 10.3 Å². The van der Waals surface area contributed by atoms with E-state index in [0.29, 0.717) is 35.0 Å². The van der Waals surface area contributed by atoms with Crippen molar-refractivity contribution in [3.8, 4) is 29.2 Å². The summed E-state index contributed by atoms with van der Waals surface area (Å²) in [4.78, 5) is 14.8. The minimum Gasteiger partial charge on any atom is -0.493 e. The van der Waals surface area contributed by atoms with Gasteiger partial charge in [0, 0.05) is 17.3 Å². The summed E-state index contributed by atoms with van der Waals surface area (Å²) in [5.41, 5.74) is 1.80. The van der Waals surface area contributed by atoms with Gasteiger partial charge in [0.15, 0.2) is 9.84 Å². The van der Waals surface area contributed by atoms with Gasteiger partial charge in [0.2, 0.25) is 0 Å². The molecule has 136 valence electrons. The lowest BCUT2D eigenvalue weighted by atomic mass is 9.98. The Morgan fingerprint density at radius 2 is 2.04 bits per heavy atom. The topological polar surface area (TPSA) is 76.2 Å². The van der Waals surface area contributed by atoms with E-state index in [1.165, 1.54) is 0 Å². The normalized spacial score (nSPS) is 14.0. The van der Waals surface area contributed by atoms with Crippen LogP contribution in [0, 0.1) is 25.2 Å². The lowest BCUT2D eigenvalue weighted by Gasteiger charge is -2.15. The van der Waals surface area contributed by atoms with Crippen LogP contribution in [0.1, 0.15) is 30.9 Å². The molecular weight excluding hydrogens is 350 g/mol. The first-order chi connectivity index (χ1) is 12.4. The molecule has 1 fully saturated rings. The number of aromatic amines is 1. The molecule has 0 amide bonds. The SMILES string of the molecule is C#Cc1c(C)c(-c2cc(S(=O)(=O)CC)ccc2OCC2CC2)c[nH]c1=O. The number of pyridine rings is 1. The molecule has 3 rings (SSSR count). The first-order valence-electron chi connectivity index (χ1n) is 8.56. The smallest absolute Gasteiger partial charge is 0.263 e. The number of nitrogens with one attached hydrogen (secondary N) is 1. The standard InChI is InChI=1S/C20H21NO4S/c1-4-16-13(3)18(11-21-20(16)22)17-10-15(26(23,24)5-2)8-9-19(17)25-12-14-6-7-14/h1,8-11,14H,5-7,12H2,2-3H3,(H,21,22). The van der Waals surface area contributed by atoms with Gasteiger partial charge in [-0.3, -0.25) is 4.79 Å². The number of hydrogen-bond acceptors (Lipinski definition) is 4. The predicted octanol–water partition coefficient (Wildman–Crippen LogP) is 2.91. The van der Waals surface area contributed by atoms with Crippen LogP contribution in [0.25, 0.3) is 11.1 Å². The number of H-pyrrole nitrogens is 1. The zero-order valence-electron chi connectivity index (χ0n) is 14.8. The van der Waals surface area contributed by atoms with Gasteiger partial charge in [0.05, 0.1) is 22.8 Å². The van der Waals surface area contributed by atoms with E-state index in [0.717, 1.165) is 12.8 Å². The molecule has 1 heterocycles. The van der Waals surface area contributed by atoms with E-state index in [9.17, 15) is 13.2 Å². The molecule has 1 aromatic heterocycles. The van der Waals surface area contributed by atoms with Crippen molar-refractivity contribution in [2.75, 3.05) is 12.4 Å². The highest BCUT2D eigenvalue weighted by atomic mass is 32.2. The molecule has 0 spiro atoms. The maximum absolute atomic E-state index is 12.3. The summed E-state index contributed by atoms with van der Waals surface area (Å²) in [7, 11) is -3.37. The van der Waals surface area contributed by atoms with Gasteiger partial charge in [-0.2, -0.15) is 0 Å². The van der Waals surface area contributed by atoms with E-state index in [-0.39, 0.29) is 21.8 Å². The van der Waals surface area contributed by atoms with E-state index < -0.39 is 9.84 Å². The van der Waals surface area contributed by atoms with Crippen LogP contribution in [0.5, 0.6) is 5.75 Å². The summed E-state index contributed by atoms with van der Waals surface area (Å²) >= 11 is 0. The highest BCUT2D eigenvalue weighted by Crippen LogP contribution is 2.36. The molecule has 1 N–H and O–H groups in total. The van der Waals surface area contributed by atoms with E-state index in [1.54, 1.807) is 38.2 Å². The van der Waals surface area contributed by atoms with Crippen LogP contribution in [0.15, 0.2) is 34.1 Å². The Labute approximate surface area is 153 Å².